The second-order valence-corrected chi connectivity index (χ2v) is 9.05. The van der Waals surface area contributed by atoms with Crippen LogP contribution in [0.4, 0.5) is 0 Å². The molecule has 1 amide bonds. The lowest BCUT2D eigenvalue weighted by Crippen LogP contribution is -2.37. The molecule has 2 aliphatic rings. The highest BCUT2D eigenvalue weighted by atomic mass is 35.5. The number of halogens is 1. The fourth-order valence-corrected chi connectivity index (χ4v) is 5.61. The zero-order chi connectivity index (χ0) is 21.4. The van der Waals surface area contributed by atoms with E-state index in [0.29, 0.717) is 22.9 Å². The third-order valence-corrected chi connectivity index (χ3v) is 7.24. The first-order valence-electron chi connectivity index (χ1n) is 10.2. The predicted octanol–water partition coefficient (Wildman–Crippen LogP) is 5.47. The van der Waals surface area contributed by atoms with Gasteiger partial charge in [0.2, 0.25) is 0 Å². The van der Waals surface area contributed by atoms with E-state index in [4.69, 9.17) is 16.3 Å². The molecule has 1 saturated carbocycles. The monoisotopic (exact) mass is 445 g/mol. The minimum Gasteiger partial charge on any atom is -0.507 e. The van der Waals surface area contributed by atoms with Crippen LogP contribution in [0.5, 0.6) is 5.75 Å². The summed E-state index contributed by atoms with van der Waals surface area (Å²) in [5.41, 5.74) is 1.56. The summed E-state index contributed by atoms with van der Waals surface area (Å²) in [6.45, 7) is 4.23. The summed E-state index contributed by atoms with van der Waals surface area (Å²) in [6, 6.07) is 6.30. The van der Waals surface area contributed by atoms with E-state index in [0.717, 1.165) is 36.1 Å². The van der Waals surface area contributed by atoms with Crippen molar-refractivity contribution in [2.45, 2.75) is 51.6 Å². The van der Waals surface area contributed by atoms with Gasteiger partial charge in [0.05, 0.1) is 17.2 Å². The minimum absolute atomic E-state index is 0.0162. The highest BCUT2D eigenvalue weighted by molar-refractivity contribution is 7.10. The zero-order valence-corrected chi connectivity index (χ0v) is 18.6. The quantitative estimate of drug-likeness (QED) is 0.376. The van der Waals surface area contributed by atoms with E-state index in [1.165, 1.54) is 11.3 Å². The minimum atomic E-state index is -0.634. The van der Waals surface area contributed by atoms with Gasteiger partial charge in [-0.15, -0.1) is 11.3 Å². The molecule has 1 saturated heterocycles. The van der Waals surface area contributed by atoms with E-state index in [9.17, 15) is 14.7 Å². The Balaban J connectivity index is 1.87. The Morgan fingerprint density at radius 2 is 2.00 bits per heavy atom. The molecule has 0 spiro atoms. The average Bonchev–Trinajstić information content (AvgIpc) is 3.44. The molecule has 2 aromatic rings. The summed E-state index contributed by atoms with van der Waals surface area (Å²) in [6.07, 6.45) is 3.84. The molecule has 2 heterocycles. The Morgan fingerprint density at radius 3 is 2.63 bits per heavy atom. The van der Waals surface area contributed by atoms with Crippen LogP contribution >= 0.6 is 22.9 Å². The Hall–Kier alpha value is -2.31. The number of ether oxygens (including phenoxy) is 1. The zero-order valence-electron chi connectivity index (χ0n) is 17.0. The Labute approximate surface area is 184 Å². The number of nitrogens with zero attached hydrogens (tertiary/aromatic N) is 1. The molecule has 2 fully saturated rings. The van der Waals surface area contributed by atoms with E-state index < -0.39 is 17.7 Å². The number of aliphatic hydroxyl groups excluding tert-OH is 1. The number of rotatable bonds is 5. The largest absolute Gasteiger partial charge is 0.507 e. The summed E-state index contributed by atoms with van der Waals surface area (Å²) in [4.78, 5) is 28.8. The van der Waals surface area contributed by atoms with Crippen LogP contribution < -0.4 is 4.74 Å². The molecule has 158 valence electrons. The summed E-state index contributed by atoms with van der Waals surface area (Å²) in [5.74, 6) is -0.924. The maximum absolute atomic E-state index is 13.1. The van der Waals surface area contributed by atoms with Gasteiger partial charge in [-0.25, -0.2) is 0 Å². The summed E-state index contributed by atoms with van der Waals surface area (Å²) in [7, 11) is 0. The number of likely N-dealkylation sites (tertiary alicyclic amines) is 1. The lowest BCUT2D eigenvalue weighted by atomic mass is 9.97. The molecular formula is C23H24ClNO4S. The average molecular weight is 446 g/mol. The van der Waals surface area contributed by atoms with Crippen LogP contribution in [0.3, 0.4) is 0 Å². The van der Waals surface area contributed by atoms with E-state index >= 15 is 0 Å². The molecule has 7 heteroatoms. The third kappa shape index (κ3) is 3.52. The number of hydrogen-bond donors (Lipinski definition) is 1. The predicted molar refractivity (Wildman–Crippen MR) is 118 cm³/mol. The van der Waals surface area contributed by atoms with Crippen molar-refractivity contribution in [3.63, 3.8) is 0 Å². The van der Waals surface area contributed by atoms with Crippen molar-refractivity contribution in [3.8, 4) is 5.75 Å². The van der Waals surface area contributed by atoms with Crippen molar-refractivity contribution in [1.82, 2.24) is 4.90 Å². The lowest BCUT2D eigenvalue weighted by molar-refractivity contribution is -0.141. The molecule has 1 aromatic heterocycles. The van der Waals surface area contributed by atoms with Crippen LogP contribution in [0.25, 0.3) is 5.76 Å². The number of amides is 1. The second-order valence-electron chi connectivity index (χ2n) is 7.69. The van der Waals surface area contributed by atoms with Gasteiger partial charge in [-0.05, 0) is 61.9 Å². The second kappa shape index (κ2) is 8.44. The van der Waals surface area contributed by atoms with Crippen molar-refractivity contribution in [3.05, 3.63) is 56.2 Å². The smallest absolute Gasteiger partial charge is 0.295 e. The molecule has 1 aliphatic carbocycles. The Morgan fingerprint density at radius 1 is 1.27 bits per heavy atom. The van der Waals surface area contributed by atoms with Crippen LogP contribution in [0.15, 0.2) is 35.2 Å². The number of aryl methyl sites for hydroxylation is 1. The molecule has 30 heavy (non-hydrogen) atoms. The summed E-state index contributed by atoms with van der Waals surface area (Å²) in [5, 5.41) is 13.6. The molecular weight excluding hydrogens is 422 g/mol. The van der Waals surface area contributed by atoms with E-state index in [2.05, 4.69) is 0 Å². The first-order chi connectivity index (χ1) is 14.4. The van der Waals surface area contributed by atoms with E-state index in [1.54, 1.807) is 23.1 Å². The number of hydrogen-bond acceptors (Lipinski definition) is 5. The first kappa shape index (κ1) is 20.9. The van der Waals surface area contributed by atoms with Gasteiger partial charge in [0.15, 0.2) is 0 Å². The molecule has 1 aliphatic heterocycles. The van der Waals surface area contributed by atoms with Crippen LogP contribution in [-0.2, 0) is 9.59 Å². The van der Waals surface area contributed by atoms with E-state index in [1.807, 2.05) is 25.3 Å². The van der Waals surface area contributed by atoms with Crippen LogP contribution in [-0.4, -0.2) is 34.3 Å². The van der Waals surface area contributed by atoms with Gasteiger partial charge in [0, 0.05) is 16.5 Å². The van der Waals surface area contributed by atoms with Crippen LogP contribution in [0.1, 0.15) is 54.7 Å². The van der Waals surface area contributed by atoms with Gasteiger partial charge in [-0.2, -0.15) is 0 Å². The van der Waals surface area contributed by atoms with Crippen molar-refractivity contribution in [2.24, 2.45) is 0 Å². The van der Waals surface area contributed by atoms with Gasteiger partial charge >= 0.3 is 0 Å². The normalized spacial score (nSPS) is 21.6. The van der Waals surface area contributed by atoms with Crippen molar-refractivity contribution in [1.29, 1.82) is 0 Å². The van der Waals surface area contributed by atoms with E-state index in [-0.39, 0.29) is 17.4 Å². The number of aliphatic hydroxyl groups is 1. The number of ketones is 1. The maximum atomic E-state index is 13.1. The van der Waals surface area contributed by atoms with Crippen LogP contribution in [0.2, 0.25) is 5.02 Å². The van der Waals surface area contributed by atoms with Gasteiger partial charge in [-0.3, -0.25) is 9.59 Å². The maximum Gasteiger partial charge on any atom is 0.295 e. The van der Waals surface area contributed by atoms with Gasteiger partial charge in [-0.1, -0.05) is 24.4 Å². The third-order valence-electron chi connectivity index (χ3n) is 5.85. The topological polar surface area (TPSA) is 66.8 Å². The number of thiophene rings is 1. The number of Topliss-reactive ketones (excluding diaryl/α,β-unsaturated/α-hetero) is 1. The fraction of sp³-hybridized carbons (Fsp3) is 0.391. The Bertz CT molecular complexity index is 1020. The Kier molecular flexibility index (Phi) is 5.89. The van der Waals surface area contributed by atoms with Gasteiger partial charge in [0.25, 0.3) is 11.7 Å². The lowest BCUT2D eigenvalue weighted by Gasteiger charge is -2.30. The highest BCUT2D eigenvalue weighted by Crippen LogP contribution is 2.46. The first-order valence-corrected chi connectivity index (χ1v) is 11.5. The molecule has 4 rings (SSSR count). The van der Waals surface area contributed by atoms with Crippen molar-refractivity contribution < 1.29 is 19.4 Å². The number of carbonyl (C=O) groups excluding carboxylic acids is 2. The molecule has 1 N–H and O–H groups in total. The molecule has 1 unspecified atom stereocenters. The standard InChI is InChI=1S/C23H24ClNO4S/c1-3-29-17-12-14(8-9-16(17)24)20(26)18-19(22-13(2)10-11-30-22)25(23(28)21(18)27)15-6-4-5-7-15/h8-12,15,19,26H,3-7H2,1-2H3/b20-18-. The molecule has 0 bridgehead atoms. The number of carbonyl (C=O) groups is 2. The van der Waals surface area contributed by atoms with Gasteiger partial charge < -0.3 is 14.7 Å². The van der Waals surface area contributed by atoms with Crippen LogP contribution in [0, 0.1) is 6.92 Å². The molecule has 5 nitrogen and oxygen atoms in total. The molecule has 1 atom stereocenters. The molecule has 1 aromatic carbocycles. The van der Waals surface area contributed by atoms with Crippen molar-refractivity contribution >= 4 is 40.4 Å². The van der Waals surface area contributed by atoms with Crippen molar-refractivity contribution in [2.75, 3.05) is 6.61 Å². The number of benzene rings is 1. The fourth-order valence-electron chi connectivity index (χ4n) is 4.40. The summed E-state index contributed by atoms with van der Waals surface area (Å²) >= 11 is 7.69. The van der Waals surface area contributed by atoms with Gasteiger partial charge in [0.1, 0.15) is 17.6 Å². The SMILES string of the molecule is CCOc1cc(/C(O)=C2/C(=O)C(=O)N(C3CCCC3)C2c2sccc2C)ccc1Cl. The highest BCUT2D eigenvalue weighted by Gasteiger charge is 2.50. The molecule has 0 radical (unpaired) electrons. The summed E-state index contributed by atoms with van der Waals surface area (Å²) < 4.78 is 5.53.